The number of benzene rings is 1. The molecule has 78 valence electrons. The van der Waals surface area contributed by atoms with Gasteiger partial charge >= 0.3 is 0 Å². The molecule has 0 bridgehead atoms. The van der Waals surface area contributed by atoms with Crippen LogP contribution in [0.25, 0.3) is 0 Å². The normalized spacial score (nSPS) is 11.4. The Morgan fingerprint density at radius 3 is 2.57 bits per heavy atom. The van der Waals surface area contributed by atoms with E-state index < -0.39 is 12.1 Å². The van der Waals surface area contributed by atoms with Gasteiger partial charge in [-0.05, 0) is 17.7 Å². The molecule has 3 N–H and O–H groups in total. The van der Waals surface area contributed by atoms with Crippen molar-refractivity contribution in [3.63, 3.8) is 0 Å². The number of aliphatic hydroxyl groups is 2. The number of nitrogens with zero attached hydrogens (tertiary/aromatic N) is 1. The van der Waals surface area contributed by atoms with Gasteiger partial charge in [0.15, 0.2) is 6.29 Å². The summed E-state index contributed by atoms with van der Waals surface area (Å²) in [6, 6.07) is 3.36. The van der Waals surface area contributed by atoms with E-state index in [1.165, 1.54) is 6.07 Å². The Labute approximate surface area is 79.2 Å². The highest BCUT2D eigenvalue weighted by Crippen LogP contribution is 2.17. The van der Waals surface area contributed by atoms with Gasteiger partial charge in [-0.2, -0.15) is 0 Å². The molecule has 0 unspecified atom stereocenters. The second kappa shape index (κ2) is 4.45. The molecular formula is C8H9FNO4-. The molecule has 1 rings (SSSR count). The Kier molecular flexibility index (Phi) is 3.50. The van der Waals surface area contributed by atoms with Gasteiger partial charge < -0.3 is 20.6 Å². The highest BCUT2D eigenvalue weighted by atomic mass is 19.1. The zero-order valence-corrected chi connectivity index (χ0v) is 7.09. The smallest absolute Gasteiger partial charge is 0.181 e. The third-order valence-corrected chi connectivity index (χ3v) is 1.66. The van der Waals surface area contributed by atoms with Crippen LogP contribution in [-0.4, -0.2) is 20.6 Å². The van der Waals surface area contributed by atoms with E-state index in [0.29, 0.717) is 0 Å². The molecule has 0 aliphatic heterocycles. The summed E-state index contributed by atoms with van der Waals surface area (Å²) in [7, 11) is 0. The average Bonchev–Trinajstić information content (AvgIpc) is 2.07. The predicted molar refractivity (Wildman–Crippen MR) is 44.3 cm³/mol. The van der Waals surface area contributed by atoms with Gasteiger partial charge in [0.25, 0.3) is 0 Å². The van der Waals surface area contributed by atoms with Crippen LogP contribution in [0.4, 0.5) is 4.39 Å². The molecule has 0 radical (unpaired) electrons. The lowest BCUT2D eigenvalue weighted by Gasteiger charge is -2.19. The number of rotatable bonds is 3. The van der Waals surface area contributed by atoms with Gasteiger partial charge in [-0.3, -0.25) is 5.23 Å². The maximum absolute atomic E-state index is 12.9. The van der Waals surface area contributed by atoms with Gasteiger partial charge in [-0.1, -0.05) is 6.07 Å². The largest absolute Gasteiger partial charge is 0.762 e. The molecule has 0 atom stereocenters. The third kappa shape index (κ3) is 2.72. The van der Waals surface area contributed by atoms with Crippen LogP contribution in [0.5, 0.6) is 0 Å². The van der Waals surface area contributed by atoms with Crippen molar-refractivity contribution in [3.8, 4) is 0 Å². The van der Waals surface area contributed by atoms with Gasteiger partial charge in [0.05, 0.1) is 0 Å². The molecule has 14 heavy (non-hydrogen) atoms. The highest BCUT2D eigenvalue weighted by Gasteiger charge is 2.10. The van der Waals surface area contributed by atoms with Crippen LogP contribution in [0.2, 0.25) is 0 Å². The fourth-order valence-electron chi connectivity index (χ4n) is 1.05. The van der Waals surface area contributed by atoms with E-state index in [0.717, 1.165) is 12.1 Å². The van der Waals surface area contributed by atoms with Gasteiger partial charge in [0, 0.05) is 12.1 Å². The number of hydrogen-bond donors (Lipinski definition) is 3. The summed E-state index contributed by atoms with van der Waals surface area (Å²) in [6.07, 6.45) is -1.94. The molecule has 1 aromatic carbocycles. The van der Waals surface area contributed by atoms with Crippen LogP contribution in [0, 0.1) is 11.0 Å². The topological polar surface area (TPSA) is 87.0 Å². The Hall–Kier alpha value is -1.05. The summed E-state index contributed by atoms with van der Waals surface area (Å²) in [6.45, 7) is -0.361. The lowest BCUT2D eigenvalue weighted by Crippen LogP contribution is -2.10. The van der Waals surface area contributed by atoms with Crippen molar-refractivity contribution in [2.75, 3.05) is 0 Å². The lowest BCUT2D eigenvalue weighted by atomic mass is 10.1. The van der Waals surface area contributed by atoms with Crippen molar-refractivity contribution < 1.29 is 19.8 Å². The zero-order valence-electron chi connectivity index (χ0n) is 7.09. The van der Waals surface area contributed by atoms with E-state index in [1.54, 1.807) is 0 Å². The minimum atomic E-state index is -1.94. The summed E-state index contributed by atoms with van der Waals surface area (Å²) in [4.78, 5) is 0. The summed E-state index contributed by atoms with van der Waals surface area (Å²) >= 11 is 0. The molecule has 0 saturated carbocycles. The minimum absolute atomic E-state index is 0.284. The first-order chi connectivity index (χ1) is 6.50. The maximum atomic E-state index is 12.9. The SMILES string of the molecule is [O-]N(O)Cc1ccc(F)c(C(O)O)c1. The molecule has 0 aliphatic carbocycles. The van der Waals surface area contributed by atoms with Crippen LogP contribution in [0.1, 0.15) is 17.4 Å². The van der Waals surface area contributed by atoms with Crippen LogP contribution in [-0.2, 0) is 6.54 Å². The van der Waals surface area contributed by atoms with Crippen LogP contribution >= 0.6 is 0 Å². The van der Waals surface area contributed by atoms with Crippen molar-refractivity contribution >= 4 is 0 Å². The van der Waals surface area contributed by atoms with Crippen molar-refractivity contribution in [1.29, 1.82) is 0 Å². The fourth-order valence-corrected chi connectivity index (χ4v) is 1.05. The molecule has 0 saturated heterocycles. The summed E-state index contributed by atoms with van der Waals surface area (Å²) in [5.41, 5.74) is -0.0450. The van der Waals surface area contributed by atoms with E-state index in [2.05, 4.69) is 0 Å². The highest BCUT2D eigenvalue weighted by molar-refractivity contribution is 5.25. The monoisotopic (exact) mass is 202 g/mol. The Bertz CT molecular complexity index is 316. The molecule has 0 amide bonds. The quantitative estimate of drug-likeness (QED) is 0.490. The van der Waals surface area contributed by atoms with Gasteiger partial charge in [-0.15, -0.1) is 0 Å². The van der Waals surface area contributed by atoms with Crippen LogP contribution < -0.4 is 0 Å². The first-order valence-electron chi connectivity index (χ1n) is 3.78. The minimum Gasteiger partial charge on any atom is -0.762 e. The number of aliphatic hydroxyl groups excluding tert-OH is 1. The first kappa shape index (κ1) is 11.0. The molecule has 0 fully saturated rings. The predicted octanol–water partition coefficient (Wildman–Crippen LogP) is 0.498. The molecule has 0 heterocycles. The maximum Gasteiger partial charge on any atom is 0.181 e. The summed E-state index contributed by atoms with van der Waals surface area (Å²) in [5, 5.41) is 35.7. The second-order valence-corrected chi connectivity index (χ2v) is 2.74. The molecule has 5 nitrogen and oxygen atoms in total. The van der Waals surface area contributed by atoms with Gasteiger partial charge in [0.2, 0.25) is 0 Å². The van der Waals surface area contributed by atoms with Crippen molar-refractivity contribution in [3.05, 3.63) is 40.4 Å². The molecule has 0 aromatic heterocycles. The van der Waals surface area contributed by atoms with Gasteiger partial charge in [0.1, 0.15) is 5.82 Å². The Morgan fingerprint density at radius 1 is 1.43 bits per heavy atom. The number of hydrogen-bond acceptors (Lipinski definition) is 5. The van der Waals surface area contributed by atoms with E-state index >= 15 is 0 Å². The van der Waals surface area contributed by atoms with Crippen LogP contribution in [0.3, 0.4) is 0 Å². The third-order valence-electron chi connectivity index (χ3n) is 1.66. The van der Waals surface area contributed by atoms with E-state index in [4.69, 9.17) is 15.4 Å². The fraction of sp³-hybridized carbons (Fsp3) is 0.250. The van der Waals surface area contributed by atoms with E-state index in [-0.39, 0.29) is 22.9 Å². The zero-order chi connectivity index (χ0) is 10.7. The number of halogens is 1. The molecule has 6 heteroatoms. The Morgan fingerprint density at radius 2 is 2.07 bits per heavy atom. The average molecular weight is 202 g/mol. The molecule has 1 aromatic rings. The van der Waals surface area contributed by atoms with E-state index in [1.807, 2.05) is 0 Å². The second-order valence-electron chi connectivity index (χ2n) is 2.74. The Balaban J connectivity index is 2.94. The summed E-state index contributed by atoms with van der Waals surface area (Å²) < 4.78 is 12.9. The molecule has 0 spiro atoms. The molecular weight excluding hydrogens is 193 g/mol. The van der Waals surface area contributed by atoms with E-state index in [9.17, 15) is 9.60 Å². The standard InChI is InChI=1S/C8H9FNO4/c9-7-2-1-5(4-10(13)14)3-6(7)8(11)12/h1-3,8,11-13H,4H2/q-1. The number of hydroxylamine groups is 2. The van der Waals surface area contributed by atoms with Gasteiger partial charge in [-0.25, -0.2) is 4.39 Å². The van der Waals surface area contributed by atoms with Crippen molar-refractivity contribution in [2.24, 2.45) is 0 Å². The van der Waals surface area contributed by atoms with Crippen LogP contribution in [0.15, 0.2) is 18.2 Å². The van der Waals surface area contributed by atoms with Crippen molar-refractivity contribution in [1.82, 2.24) is 5.23 Å². The van der Waals surface area contributed by atoms with Crippen molar-refractivity contribution in [2.45, 2.75) is 12.8 Å². The first-order valence-corrected chi connectivity index (χ1v) is 3.78. The summed E-state index contributed by atoms with van der Waals surface area (Å²) in [5.74, 6) is -0.779. The lowest BCUT2D eigenvalue weighted by molar-refractivity contribution is -0.0509. The molecule has 0 aliphatic rings.